The van der Waals surface area contributed by atoms with Crippen LogP contribution in [0.4, 0.5) is 0 Å². The second kappa shape index (κ2) is 7.62. The van der Waals surface area contributed by atoms with E-state index >= 15 is 0 Å². The third-order valence-electron chi connectivity index (χ3n) is 4.21. The van der Waals surface area contributed by atoms with Crippen molar-refractivity contribution in [3.8, 4) is 0 Å². The van der Waals surface area contributed by atoms with Crippen LogP contribution in [0.5, 0.6) is 0 Å². The number of thiophene rings is 2. The maximum atomic E-state index is 13.3. The van der Waals surface area contributed by atoms with Gasteiger partial charge in [-0.1, -0.05) is 23.5 Å². The molecule has 0 amide bonds. The Hall–Kier alpha value is -2.29. The number of hydrogen-bond acceptors (Lipinski definition) is 7. The van der Waals surface area contributed by atoms with Crippen molar-refractivity contribution in [2.24, 2.45) is 4.99 Å². The zero-order chi connectivity index (χ0) is 19.8. The third kappa shape index (κ3) is 3.43. The topological polar surface area (TPSA) is 60.7 Å². The van der Waals surface area contributed by atoms with Gasteiger partial charge in [0.2, 0.25) is 0 Å². The zero-order valence-corrected chi connectivity index (χ0v) is 18.0. The van der Waals surface area contributed by atoms with Crippen molar-refractivity contribution >= 4 is 46.1 Å². The largest absolute Gasteiger partial charge is 0.459 e. The van der Waals surface area contributed by atoms with E-state index in [2.05, 4.69) is 4.99 Å². The molecule has 4 heterocycles. The smallest absolute Gasteiger partial charge is 0.338 e. The third-order valence-corrected chi connectivity index (χ3v) is 6.94. The number of aromatic nitrogens is 1. The van der Waals surface area contributed by atoms with Crippen molar-refractivity contribution < 1.29 is 9.53 Å². The van der Waals surface area contributed by atoms with E-state index in [0.29, 0.717) is 20.6 Å². The SMILES string of the molecule is CC1=C(C(=O)OC(C)C)[C@H](c2cccs2)n2c(s/c(=C\c3cccs3)c2=O)=N1. The van der Waals surface area contributed by atoms with Crippen molar-refractivity contribution in [1.29, 1.82) is 0 Å². The molecule has 0 N–H and O–H groups in total. The van der Waals surface area contributed by atoms with Crippen molar-refractivity contribution in [2.75, 3.05) is 0 Å². The lowest BCUT2D eigenvalue weighted by Crippen LogP contribution is -2.39. The molecule has 1 atom stereocenters. The Morgan fingerprint density at radius 1 is 1.25 bits per heavy atom. The summed E-state index contributed by atoms with van der Waals surface area (Å²) in [6, 6.07) is 7.26. The number of ether oxygens (including phenoxy) is 1. The molecule has 1 aliphatic heterocycles. The number of thiazole rings is 1. The van der Waals surface area contributed by atoms with Gasteiger partial charge >= 0.3 is 5.97 Å². The van der Waals surface area contributed by atoms with Crippen LogP contribution in [0.1, 0.15) is 36.6 Å². The fourth-order valence-corrected chi connectivity index (χ4v) is 5.67. The minimum absolute atomic E-state index is 0.141. The van der Waals surface area contributed by atoms with Gasteiger partial charge in [-0.2, -0.15) is 0 Å². The molecule has 0 fully saturated rings. The second-order valence-corrected chi connectivity index (χ2v) is 9.53. The predicted molar refractivity (Wildman–Crippen MR) is 114 cm³/mol. The van der Waals surface area contributed by atoms with E-state index < -0.39 is 12.0 Å². The molecule has 8 heteroatoms. The Bertz CT molecular complexity index is 1210. The number of esters is 1. The minimum atomic E-state index is -0.520. The number of carbonyl (C=O) groups is 1. The van der Waals surface area contributed by atoms with Gasteiger partial charge in [-0.15, -0.1) is 22.7 Å². The maximum Gasteiger partial charge on any atom is 0.338 e. The highest BCUT2D eigenvalue weighted by atomic mass is 32.1. The highest BCUT2D eigenvalue weighted by Gasteiger charge is 2.34. The Morgan fingerprint density at radius 2 is 2.00 bits per heavy atom. The molecule has 3 aromatic rings. The molecule has 0 unspecified atom stereocenters. The van der Waals surface area contributed by atoms with Gasteiger partial charge in [0.25, 0.3) is 5.56 Å². The predicted octanol–water partition coefficient (Wildman–Crippen LogP) is 3.31. The van der Waals surface area contributed by atoms with E-state index in [1.54, 1.807) is 22.8 Å². The maximum absolute atomic E-state index is 13.3. The molecule has 0 saturated carbocycles. The van der Waals surface area contributed by atoms with Crippen LogP contribution >= 0.6 is 34.0 Å². The molecule has 5 nitrogen and oxygen atoms in total. The molecule has 4 rings (SSSR count). The Labute approximate surface area is 173 Å². The van der Waals surface area contributed by atoms with Gasteiger partial charge in [0, 0.05) is 9.75 Å². The van der Waals surface area contributed by atoms with E-state index in [4.69, 9.17) is 4.74 Å². The number of rotatable bonds is 4. The molecule has 0 aromatic carbocycles. The van der Waals surface area contributed by atoms with E-state index in [1.807, 2.05) is 54.9 Å². The van der Waals surface area contributed by atoms with Gasteiger partial charge in [-0.25, -0.2) is 9.79 Å². The lowest BCUT2D eigenvalue weighted by molar-refractivity contribution is -0.143. The molecule has 3 aromatic heterocycles. The first kappa shape index (κ1) is 19.0. The lowest BCUT2D eigenvalue weighted by atomic mass is 10.0. The van der Waals surface area contributed by atoms with Crippen LogP contribution in [0.3, 0.4) is 0 Å². The highest BCUT2D eigenvalue weighted by molar-refractivity contribution is 7.11. The summed E-state index contributed by atoms with van der Waals surface area (Å²) in [5.41, 5.74) is 0.872. The molecule has 0 radical (unpaired) electrons. The summed E-state index contributed by atoms with van der Waals surface area (Å²) >= 11 is 4.43. The monoisotopic (exact) mass is 430 g/mol. The first-order valence-electron chi connectivity index (χ1n) is 8.76. The number of fused-ring (bicyclic) bond motifs is 1. The first-order chi connectivity index (χ1) is 13.5. The van der Waals surface area contributed by atoms with Crippen LogP contribution < -0.4 is 14.9 Å². The molecule has 0 saturated heterocycles. The summed E-state index contributed by atoms with van der Waals surface area (Å²) < 4.78 is 7.70. The van der Waals surface area contributed by atoms with Crippen LogP contribution in [0.2, 0.25) is 0 Å². The zero-order valence-electron chi connectivity index (χ0n) is 15.5. The number of allylic oxidation sites excluding steroid dienone is 1. The Kier molecular flexibility index (Phi) is 5.18. The molecule has 0 bridgehead atoms. The molecule has 0 aliphatic carbocycles. The van der Waals surface area contributed by atoms with Gasteiger partial charge in [-0.3, -0.25) is 9.36 Å². The van der Waals surface area contributed by atoms with E-state index in [1.165, 1.54) is 22.7 Å². The standard InChI is InChI=1S/C20H18N2O3S3/c1-11(2)25-19(24)16-12(3)21-20-22(17(16)14-7-5-9-27-14)18(23)15(28-20)10-13-6-4-8-26-13/h4-11,17H,1-3H3/b15-10-/t17-/m0/s1. The molecule has 0 spiro atoms. The summed E-state index contributed by atoms with van der Waals surface area (Å²) in [6.45, 7) is 5.42. The quantitative estimate of drug-likeness (QED) is 0.597. The van der Waals surface area contributed by atoms with Crippen LogP contribution in [-0.2, 0) is 9.53 Å². The average Bonchev–Trinajstić information content (AvgIpc) is 3.37. The van der Waals surface area contributed by atoms with Crippen LogP contribution in [0.25, 0.3) is 6.08 Å². The summed E-state index contributed by atoms with van der Waals surface area (Å²) in [5, 5.41) is 3.92. The molecule has 1 aliphatic rings. The second-order valence-electron chi connectivity index (χ2n) is 6.57. The summed E-state index contributed by atoms with van der Waals surface area (Å²) in [7, 11) is 0. The molecule has 144 valence electrons. The lowest BCUT2D eigenvalue weighted by Gasteiger charge is -2.24. The summed E-state index contributed by atoms with van der Waals surface area (Å²) in [6.07, 6.45) is 1.63. The van der Waals surface area contributed by atoms with Crippen molar-refractivity contribution in [2.45, 2.75) is 32.9 Å². The normalized spacial score (nSPS) is 17.0. The van der Waals surface area contributed by atoms with Gasteiger partial charge in [0.1, 0.15) is 6.04 Å². The van der Waals surface area contributed by atoms with Gasteiger partial charge < -0.3 is 4.74 Å². The summed E-state index contributed by atoms with van der Waals surface area (Å²) in [5.74, 6) is -0.429. The van der Waals surface area contributed by atoms with E-state index in [-0.39, 0.29) is 11.7 Å². The highest BCUT2D eigenvalue weighted by Crippen LogP contribution is 2.33. The van der Waals surface area contributed by atoms with Crippen LogP contribution in [0, 0.1) is 0 Å². The van der Waals surface area contributed by atoms with Crippen molar-refractivity contribution in [3.63, 3.8) is 0 Å². The van der Waals surface area contributed by atoms with Crippen LogP contribution in [-0.4, -0.2) is 16.6 Å². The Morgan fingerprint density at radius 3 is 2.64 bits per heavy atom. The van der Waals surface area contributed by atoms with E-state index in [0.717, 1.165) is 9.75 Å². The van der Waals surface area contributed by atoms with E-state index in [9.17, 15) is 9.59 Å². The van der Waals surface area contributed by atoms with Crippen LogP contribution in [0.15, 0.2) is 56.1 Å². The Balaban J connectivity index is 1.94. The average molecular weight is 431 g/mol. The first-order valence-corrected chi connectivity index (χ1v) is 11.3. The number of nitrogens with zero attached hydrogens (tertiary/aromatic N) is 2. The van der Waals surface area contributed by atoms with Gasteiger partial charge in [0.15, 0.2) is 4.80 Å². The fourth-order valence-electron chi connectivity index (χ4n) is 3.08. The molecule has 28 heavy (non-hydrogen) atoms. The van der Waals surface area contributed by atoms with Gasteiger partial charge in [-0.05, 0) is 49.7 Å². The molecular formula is C20H18N2O3S3. The van der Waals surface area contributed by atoms with Gasteiger partial charge in [0.05, 0.1) is 21.9 Å². The minimum Gasteiger partial charge on any atom is -0.459 e. The number of carbonyl (C=O) groups excluding carboxylic acids is 1. The number of hydrogen-bond donors (Lipinski definition) is 0. The molecular weight excluding hydrogens is 412 g/mol. The summed E-state index contributed by atoms with van der Waals surface area (Å²) in [4.78, 5) is 33.2. The fraction of sp³-hybridized carbons (Fsp3) is 0.250. The van der Waals surface area contributed by atoms with Crippen molar-refractivity contribution in [1.82, 2.24) is 4.57 Å². The van der Waals surface area contributed by atoms with Crippen molar-refractivity contribution in [3.05, 3.63) is 75.7 Å².